The second-order valence-corrected chi connectivity index (χ2v) is 8.31. The van der Waals surface area contributed by atoms with E-state index >= 15 is 0 Å². The molecule has 2 N–H and O–H groups in total. The fourth-order valence-corrected chi connectivity index (χ4v) is 3.93. The molecule has 0 radical (unpaired) electrons. The van der Waals surface area contributed by atoms with E-state index in [1.807, 2.05) is 6.92 Å². The molecule has 0 unspecified atom stereocenters. The average Bonchev–Trinajstić information content (AvgIpc) is 2.79. The summed E-state index contributed by atoms with van der Waals surface area (Å²) in [6.07, 6.45) is 3.61. The molecule has 3 rings (SSSR count). The maximum Gasteiger partial charge on any atom is 0.350 e. The first kappa shape index (κ1) is 25.3. The molecule has 0 aliphatic heterocycles. The fraction of sp³-hybridized carbons (Fsp3) is 0.520. The van der Waals surface area contributed by atoms with Gasteiger partial charge in [0.25, 0.3) is 5.56 Å². The first-order chi connectivity index (χ1) is 16.3. The molecular formula is C25H34N4O5. The lowest BCUT2D eigenvalue weighted by Gasteiger charge is -2.39. The van der Waals surface area contributed by atoms with Crippen molar-refractivity contribution in [3.05, 3.63) is 46.1 Å². The van der Waals surface area contributed by atoms with Crippen LogP contribution in [-0.4, -0.2) is 47.1 Å². The summed E-state index contributed by atoms with van der Waals surface area (Å²) in [6.45, 7) is 6.45. The number of ether oxygens (including phenoxy) is 3. The predicted molar refractivity (Wildman–Crippen MR) is 130 cm³/mol. The van der Waals surface area contributed by atoms with Gasteiger partial charge in [0.2, 0.25) is 5.60 Å². The van der Waals surface area contributed by atoms with Crippen LogP contribution in [0.1, 0.15) is 57.5 Å². The molecular weight excluding hydrogens is 436 g/mol. The van der Waals surface area contributed by atoms with Crippen LogP contribution in [0.3, 0.4) is 0 Å². The standard InChI is InChI=1S/C25H34N4O5/c1-5-8-20(26)21-22(27-4)23(30)29(17(3)28-21)15-16-33-18-9-11-19(12-10-18)34-25(13-7-14-25)24(31)32-6-2/h9-12,26-27H,5-8,13-16H2,1-4H3. The topological polar surface area (TPSA) is 116 Å². The number of rotatable bonds is 12. The molecule has 1 aromatic carbocycles. The zero-order chi connectivity index (χ0) is 24.7. The number of aryl methyl sites for hydroxylation is 1. The van der Waals surface area contributed by atoms with Gasteiger partial charge in [0.05, 0.1) is 18.9 Å². The minimum absolute atomic E-state index is 0.219. The van der Waals surface area contributed by atoms with Gasteiger partial charge in [0, 0.05) is 7.05 Å². The number of anilines is 1. The van der Waals surface area contributed by atoms with Crippen LogP contribution < -0.4 is 20.3 Å². The SMILES string of the molecule is CCCC(=N)c1nc(C)n(CCOc2ccc(OC3(C(=O)OCC)CCC3)cc2)c(=O)c1NC. The van der Waals surface area contributed by atoms with Gasteiger partial charge in [-0.05, 0) is 63.8 Å². The molecule has 1 saturated carbocycles. The third kappa shape index (κ3) is 5.40. The Hall–Kier alpha value is -3.36. The van der Waals surface area contributed by atoms with E-state index < -0.39 is 5.60 Å². The molecule has 1 heterocycles. The molecule has 0 amide bonds. The molecule has 0 bridgehead atoms. The number of nitrogens with zero attached hydrogens (tertiary/aromatic N) is 2. The Labute approximate surface area is 200 Å². The van der Waals surface area contributed by atoms with Crippen molar-refractivity contribution in [2.45, 2.75) is 65.0 Å². The van der Waals surface area contributed by atoms with Crippen LogP contribution in [0.2, 0.25) is 0 Å². The van der Waals surface area contributed by atoms with Crippen molar-refractivity contribution in [1.82, 2.24) is 9.55 Å². The number of aromatic nitrogens is 2. The van der Waals surface area contributed by atoms with E-state index in [1.165, 1.54) is 0 Å². The van der Waals surface area contributed by atoms with Crippen molar-refractivity contribution < 1.29 is 19.0 Å². The van der Waals surface area contributed by atoms with Gasteiger partial charge < -0.3 is 24.9 Å². The Bertz CT molecular complexity index is 1070. The van der Waals surface area contributed by atoms with Crippen molar-refractivity contribution >= 4 is 17.4 Å². The van der Waals surface area contributed by atoms with Crippen molar-refractivity contribution in [3.8, 4) is 11.5 Å². The third-order valence-corrected chi connectivity index (χ3v) is 5.93. The summed E-state index contributed by atoms with van der Waals surface area (Å²) in [5, 5.41) is 11.1. The molecule has 1 fully saturated rings. The predicted octanol–water partition coefficient (Wildman–Crippen LogP) is 3.70. The van der Waals surface area contributed by atoms with Crippen LogP contribution >= 0.6 is 0 Å². The lowest BCUT2D eigenvalue weighted by molar-refractivity contribution is -0.169. The molecule has 9 nitrogen and oxygen atoms in total. The third-order valence-electron chi connectivity index (χ3n) is 5.93. The van der Waals surface area contributed by atoms with Gasteiger partial charge in [0.1, 0.15) is 35.3 Å². The lowest BCUT2D eigenvalue weighted by atomic mass is 9.80. The number of carbonyl (C=O) groups excluding carboxylic acids is 1. The van der Waals surface area contributed by atoms with Crippen LogP contribution in [0.15, 0.2) is 29.1 Å². The highest BCUT2D eigenvalue weighted by molar-refractivity contribution is 6.00. The van der Waals surface area contributed by atoms with Gasteiger partial charge >= 0.3 is 5.97 Å². The second kappa shape index (κ2) is 11.2. The molecule has 9 heteroatoms. The zero-order valence-corrected chi connectivity index (χ0v) is 20.4. The number of benzene rings is 1. The molecule has 0 saturated heterocycles. The maximum atomic E-state index is 13.0. The molecule has 184 valence electrons. The highest BCUT2D eigenvalue weighted by atomic mass is 16.6. The molecule has 1 aromatic heterocycles. The van der Waals surface area contributed by atoms with E-state index in [2.05, 4.69) is 10.3 Å². The summed E-state index contributed by atoms with van der Waals surface area (Å²) in [5.41, 5.74) is -0.00884. The van der Waals surface area contributed by atoms with Gasteiger partial charge in [-0.1, -0.05) is 13.3 Å². The second-order valence-electron chi connectivity index (χ2n) is 8.31. The van der Waals surface area contributed by atoms with Crippen LogP contribution in [0.4, 0.5) is 5.69 Å². The van der Waals surface area contributed by atoms with Gasteiger partial charge in [-0.15, -0.1) is 0 Å². The molecule has 34 heavy (non-hydrogen) atoms. The van der Waals surface area contributed by atoms with Crippen LogP contribution in [0.25, 0.3) is 0 Å². The van der Waals surface area contributed by atoms with Crippen LogP contribution in [0, 0.1) is 12.3 Å². The van der Waals surface area contributed by atoms with E-state index in [1.54, 1.807) is 49.7 Å². The van der Waals surface area contributed by atoms with E-state index in [0.29, 0.717) is 66.8 Å². The van der Waals surface area contributed by atoms with Gasteiger partial charge in [0.15, 0.2) is 0 Å². The number of hydrogen-bond donors (Lipinski definition) is 2. The van der Waals surface area contributed by atoms with E-state index in [9.17, 15) is 9.59 Å². The smallest absolute Gasteiger partial charge is 0.350 e. The quantitative estimate of drug-likeness (QED) is 0.359. The first-order valence-electron chi connectivity index (χ1n) is 11.8. The summed E-state index contributed by atoms with van der Waals surface area (Å²) in [4.78, 5) is 29.7. The maximum absolute atomic E-state index is 13.0. The average molecular weight is 471 g/mol. The molecule has 2 aromatic rings. The summed E-state index contributed by atoms with van der Waals surface area (Å²) in [7, 11) is 1.66. The van der Waals surface area contributed by atoms with Crippen molar-refractivity contribution in [3.63, 3.8) is 0 Å². The molecule has 1 aliphatic carbocycles. The number of esters is 1. The largest absolute Gasteiger partial charge is 0.492 e. The van der Waals surface area contributed by atoms with Gasteiger partial charge in [-0.3, -0.25) is 9.36 Å². The fourth-order valence-electron chi connectivity index (χ4n) is 3.93. The highest BCUT2D eigenvalue weighted by Gasteiger charge is 2.48. The normalized spacial score (nSPS) is 14.1. The molecule has 0 spiro atoms. The van der Waals surface area contributed by atoms with E-state index in [0.717, 1.165) is 12.8 Å². The lowest BCUT2D eigenvalue weighted by Crippen LogP contribution is -2.51. The monoisotopic (exact) mass is 470 g/mol. The Morgan fingerprint density at radius 2 is 1.88 bits per heavy atom. The summed E-state index contributed by atoms with van der Waals surface area (Å²) < 4.78 is 18.5. The number of nitrogens with one attached hydrogen (secondary N) is 2. The van der Waals surface area contributed by atoms with Crippen molar-refractivity contribution in [2.24, 2.45) is 0 Å². The Kier molecular flexibility index (Phi) is 8.31. The number of carbonyl (C=O) groups is 1. The van der Waals surface area contributed by atoms with E-state index in [4.69, 9.17) is 19.6 Å². The molecule has 1 aliphatic rings. The van der Waals surface area contributed by atoms with Crippen LogP contribution in [0.5, 0.6) is 11.5 Å². The highest BCUT2D eigenvalue weighted by Crippen LogP contribution is 2.38. The Morgan fingerprint density at radius 3 is 2.44 bits per heavy atom. The van der Waals surface area contributed by atoms with Crippen LogP contribution in [-0.2, 0) is 16.1 Å². The minimum Gasteiger partial charge on any atom is -0.492 e. The summed E-state index contributed by atoms with van der Waals surface area (Å²) in [5.74, 6) is 1.44. The first-order valence-corrected chi connectivity index (χ1v) is 11.8. The minimum atomic E-state index is -0.880. The zero-order valence-electron chi connectivity index (χ0n) is 20.4. The summed E-state index contributed by atoms with van der Waals surface area (Å²) in [6, 6.07) is 7.07. The summed E-state index contributed by atoms with van der Waals surface area (Å²) >= 11 is 0. The van der Waals surface area contributed by atoms with Gasteiger partial charge in [-0.2, -0.15) is 0 Å². The Balaban J connectivity index is 1.63. The van der Waals surface area contributed by atoms with Gasteiger partial charge in [-0.25, -0.2) is 9.78 Å². The van der Waals surface area contributed by atoms with E-state index in [-0.39, 0.29) is 18.1 Å². The number of hydrogen-bond acceptors (Lipinski definition) is 8. The van der Waals surface area contributed by atoms with Crippen molar-refractivity contribution in [1.29, 1.82) is 5.41 Å². The van der Waals surface area contributed by atoms with Crippen molar-refractivity contribution in [2.75, 3.05) is 25.6 Å². The molecule has 0 atom stereocenters. The Morgan fingerprint density at radius 1 is 1.21 bits per heavy atom.